The minimum absolute atomic E-state index is 0.236. The second-order valence-electron chi connectivity index (χ2n) is 5.02. The molecule has 0 aliphatic rings. The van der Waals surface area contributed by atoms with Crippen molar-refractivity contribution >= 4 is 27.8 Å². The molecule has 9 heteroatoms. The molecule has 0 aliphatic heterocycles. The average Bonchev–Trinajstić information content (AvgIpc) is 3.02. The number of pyridine rings is 1. The molecule has 2 aromatic heterocycles. The monoisotopic (exact) mass is 363 g/mol. The molecule has 0 unspecified atom stereocenters. The summed E-state index contributed by atoms with van der Waals surface area (Å²) in [5.41, 5.74) is 0.765. The maximum absolute atomic E-state index is 12.8. The summed E-state index contributed by atoms with van der Waals surface area (Å²) in [7, 11) is 0. The lowest BCUT2D eigenvalue weighted by Crippen LogP contribution is -2.28. The van der Waals surface area contributed by atoms with Crippen molar-refractivity contribution in [3.63, 3.8) is 0 Å². The lowest BCUT2D eigenvalue weighted by atomic mass is 10.2. The maximum atomic E-state index is 12.8. The van der Waals surface area contributed by atoms with E-state index in [0.29, 0.717) is 16.4 Å². The first-order chi connectivity index (χ1) is 11.8. The molecule has 0 atom stereocenters. The van der Waals surface area contributed by atoms with Crippen molar-refractivity contribution < 1.29 is 23.1 Å². The first-order valence-electron chi connectivity index (χ1n) is 6.88. The van der Waals surface area contributed by atoms with E-state index < -0.39 is 11.7 Å². The standard InChI is InChI=1S/C16H10F3N4OS/c1-20-13-5-10(7-23(24)8-13)14-9-25-15(22-14)21-12-4-2-3-11(6-12)16(17,18)19/h2-9,24H,(H,21,22)/q+1. The Morgan fingerprint density at radius 3 is 2.76 bits per heavy atom. The van der Waals surface area contributed by atoms with Crippen molar-refractivity contribution in [2.75, 3.05) is 5.32 Å². The van der Waals surface area contributed by atoms with E-state index in [2.05, 4.69) is 15.1 Å². The van der Waals surface area contributed by atoms with Gasteiger partial charge in [0, 0.05) is 11.1 Å². The molecular formula is C16H10F3N4OS+. The molecule has 25 heavy (non-hydrogen) atoms. The van der Waals surface area contributed by atoms with E-state index >= 15 is 0 Å². The molecule has 2 N–H and O–H groups in total. The number of anilines is 2. The van der Waals surface area contributed by atoms with Crippen LogP contribution in [-0.4, -0.2) is 10.2 Å². The van der Waals surface area contributed by atoms with E-state index in [4.69, 9.17) is 6.57 Å². The number of thiazole rings is 1. The summed E-state index contributed by atoms with van der Waals surface area (Å²) in [4.78, 5) is 7.53. The predicted molar refractivity (Wildman–Crippen MR) is 85.9 cm³/mol. The molecule has 0 saturated heterocycles. The second-order valence-corrected chi connectivity index (χ2v) is 5.87. The number of benzene rings is 1. The van der Waals surface area contributed by atoms with Gasteiger partial charge in [-0.15, -0.1) is 11.3 Å². The normalized spacial score (nSPS) is 11.1. The fourth-order valence-corrected chi connectivity index (χ4v) is 2.85. The van der Waals surface area contributed by atoms with E-state index in [1.54, 1.807) is 11.4 Å². The summed E-state index contributed by atoms with van der Waals surface area (Å²) in [5.74, 6) is 0. The van der Waals surface area contributed by atoms with Crippen LogP contribution in [0.5, 0.6) is 0 Å². The van der Waals surface area contributed by atoms with Crippen molar-refractivity contribution in [2.45, 2.75) is 6.18 Å². The number of alkyl halides is 3. The third kappa shape index (κ3) is 3.87. The van der Waals surface area contributed by atoms with Gasteiger partial charge >= 0.3 is 6.18 Å². The van der Waals surface area contributed by atoms with Crippen molar-refractivity contribution in [2.24, 2.45) is 0 Å². The molecule has 0 bridgehead atoms. The third-order valence-electron chi connectivity index (χ3n) is 3.21. The Bertz CT molecular complexity index is 962. The average molecular weight is 363 g/mol. The Labute approximate surface area is 144 Å². The Kier molecular flexibility index (Phi) is 4.29. The number of hydrogen-bond donors (Lipinski definition) is 2. The summed E-state index contributed by atoms with van der Waals surface area (Å²) in [6.07, 6.45) is -1.77. The number of nitrogens with one attached hydrogen (secondary N) is 1. The fourth-order valence-electron chi connectivity index (χ4n) is 2.11. The van der Waals surface area contributed by atoms with Crippen LogP contribution in [0.1, 0.15) is 5.56 Å². The van der Waals surface area contributed by atoms with Crippen LogP contribution in [-0.2, 0) is 6.18 Å². The van der Waals surface area contributed by atoms with Crippen molar-refractivity contribution in [3.8, 4) is 11.3 Å². The number of hydrogen-bond acceptors (Lipinski definition) is 4. The third-order valence-corrected chi connectivity index (χ3v) is 3.97. The highest BCUT2D eigenvalue weighted by atomic mass is 32.1. The zero-order valence-corrected chi connectivity index (χ0v) is 13.3. The van der Waals surface area contributed by atoms with Gasteiger partial charge in [-0.25, -0.2) is 9.83 Å². The van der Waals surface area contributed by atoms with Crippen LogP contribution in [0.2, 0.25) is 0 Å². The minimum atomic E-state index is -4.42. The van der Waals surface area contributed by atoms with Crippen LogP contribution in [0, 0.1) is 6.57 Å². The Hall–Kier alpha value is -3.12. The van der Waals surface area contributed by atoms with E-state index in [-0.39, 0.29) is 11.4 Å². The molecule has 0 aliphatic carbocycles. The van der Waals surface area contributed by atoms with Gasteiger partial charge in [0.25, 0.3) is 5.69 Å². The van der Waals surface area contributed by atoms with Gasteiger partial charge in [-0.2, -0.15) is 13.2 Å². The van der Waals surface area contributed by atoms with Crippen LogP contribution in [0.25, 0.3) is 16.1 Å². The smallest absolute Gasteiger partial charge is 0.332 e. The molecular weight excluding hydrogens is 353 g/mol. The van der Waals surface area contributed by atoms with E-state index in [1.165, 1.54) is 35.9 Å². The summed E-state index contributed by atoms with van der Waals surface area (Å²) < 4.78 is 39.0. The number of aromatic nitrogens is 2. The number of rotatable bonds is 3. The number of nitrogens with zero attached hydrogens (tertiary/aromatic N) is 3. The largest absolute Gasteiger partial charge is 0.416 e. The maximum Gasteiger partial charge on any atom is 0.416 e. The quantitative estimate of drug-likeness (QED) is 0.405. The molecule has 1 aromatic carbocycles. The van der Waals surface area contributed by atoms with Gasteiger partial charge in [0.1, 0.15) is 0 Å². The molecule has 3 aromatic rings. The molecule has 3 rings (SSSR count). The van der Waals surface area contributed by atoms with Crippen molar-refractivity contribution in [1.29, 1.82) is 0 Å². The first kappa shape index (κ1) is 16.7. The fraction of sp³-hybridized carbons (Fsp3) is 0.0625. The summed E-state index contributed by atoms with van der Waals surface area (Å²) in [5, 5.41) is 14.5. The van der Waals surface area contributed by atoms with Crippen LogP contribution in [0.3, 0.4) is 0 Å². The summed E-state index contributed by atoms with van der Waals surface area (Å²) >= 11 is 1.20. The summed E-state index contributed by atoms with van der Waals surface area (Å²) in [6.45, 7) is 7.00. The topological polar surface area (TPSA) is 53.4 Å². The van der Waals surface area contributed by atoms with Gasteiger partial charge in [0.15, 0.2) is 5.13 Å². The van der Waals surface area contributed by atoms with Gasteiger partial charge < -0.3 is 5.32 Å². The summed E-state index contributed by atoms with van der Waals surface area (Å²) in [6, 6.07) is 6.38. The van der Waals surface area contributed by atoms with Crippen LogP contribution in [0.15, 0.2) is 48.1 Å². The minimum Gasteiger partial charge on any atom is -0.332 e. The van der Waals surface area contributed by atoms with Gasteiger partial charge in [0.05, 0.1) is 23.4 Å². The number of halogens is 3. The molecule has 126 valence electrons. The molecule has 0 amide bonds. The van der Waals surface area contributed by atoms with Crippen LogP contribution in [0.4, 0.5) is 29.7 Å². The van der Waals surface area contributed by atoms with Crippen molar-refractivity contribution in [1.82, 2.24) is 4.98 Å². The highest BCUT2D eigenvalue weighted by molar-refractivity contribution is 7.14. The van der Waals surface area contributed by atoms with E-state index in [9.17, 15) is 18.4 Å². The second kappa shape index (κ2) is 6.41. The highest BCUT2D eigenvalue weighted by Gasteiger charge is 2.30. The van der Waals surface area contributed by atoms with E-state index in [1.807, 2.05) is 0 Å². The zero-order valence-electron chi connectivity index (χ0n) is 12.4. The first-order valence-corrected chi connectivity index (χ1v) is 7.76. The van der Waals surface area contributed by atoms with E-state index in [0.717, 1.165) is 16.9 Å². The molecule has 0 spiro atoms. The lowest BCUT2D eigenvalue weighted by molar-refractivity contribution is -0.904. The molecule has 2 heterocycles. The molecule has 0 radical (unpaired) electrons. The molecule has 5 nitrogen and oxygen atoms in total. The van der Waals surface area contributed by atoms with Gasteiger partial charge in [-0.05, 0) is 29.0 Å². The Morgan fingerprint density at radius 2 is 2.04 bits per heavy atom. The van der Waals surface area contributed by atoms with Crippen LogP contribution < -0.4 is 10.0 Å². The Balaban J connectivity index is 1.86. The highest BCUT2D eigenvalue weighted by Crippen LogP contribution is 2.32. The zero-order chi connectivity index (χ0) is 18.0. The SMILES string of the molecule is [C-]#[N+]c1cc(-c2csc(Nc3cccc(C(F)(F)F)c3)n2)c[n+](O)c1. The van der Waals surface area contributed by atoms with Crippen molar-refractivity contribution in [3.05, 3.63) is 65.1 Å². The molecule has 0 fully saturated rings. The van der Waals surface area contributed by atoms with Crippen LogP contribution >= 0.6 is 11.3 Å². The Morgan fingerprint density at radius 1 is 1.24 bits per heavy atom. The predicted octanol–water partition coefficient (Wildman–Crippen LogP) is 4.65. The van der Waals surface area contributed by atoms with Gasteiger partial charge in [-0.3, -0.25) is 5.21 Å². The molecule has 0 saturated carbocycles. The van der Waals surface area contributed by atoms with Gasteiger partial charge in [-0.1, -0.05) is 6.07 Å². The van der Waals surface area contributed by atoms with Gasteiger partial charge in [0.2, 0.25) is 12.4 Å². The lowest BCUT2D eigenvalue weighted by Gasteiger charge is -2.08.